The summed E-state index contributed by atoms with van der Waals surface area (Å²) in [7, 11) is 0. The Hall–Kier alpha value is -1.89. The van der Waals surface area contributed by atoms with Gasteiger partial charge in [0.25, 0.3) is 0 Å². The Morgan fingerprint density at radius 2 is 2.50 bits per heavy atom. The lowest BCUT2D eigenvalue weighted by Crippen LogP contribution is -2.40. The van der Waals surface area contributed by atoms with Gasteiger partial charge in [-0.2, -0.15) is 0 Å². The highest BCUT2D eigenvalue weighted by Crippen LogP contribution is 2.32. The van der Waals surface area contributed by atoms with Crippen LogP contribution in [0.25, 0.3) is 0 Å². The van der Waals surface area contributed by atoms with E-state index in [-0.39, 0.29) is 18.5 Å². The molecule has 7 heteroatoms. The number of likely N-dealkylation sites (tertiary alicyclic amines) is 1. The van der Waals surface area contributed by atoms with Crippen molar-refractivity contribution in [1.29, 1.82) is 0 Å². The first-order valence-corrected chi connectivity index (χ1v) is 7.78. The van der Waals surface area contributed by atoms with Gasteiger partial charge in [-0.3, -0.25) is 14.8 Å². The molecule has 22 heavy (non-hydrogen) atoms. The summed E-state index contributed by atoms with van der Waals surface area (Å²) in [5.41, 5.74) is 0. The van der Waals surface area contributed by atoms with Gasteiger partial charge in [0.05, 0.1) is 18.7 Å². The molecule has 0 spiro atoms. The molecule has 0 bridgehead atoms. The average Bonchev–Trinajstić information content (AvgIpc) is 3.20. The van der Waals surface area contributed by atoms with Crippen molar-refractivity contribution in [2.75, 3.05) is 13.1 Å². The standard InChI is InChI=1S/C15H23N3O4/c1-2-3-5-12(10-17(21)11-19)15(20)18-8-4-6-13(18)14-16-7-9-22-14/h7,9,11-13,21H,2-6,8,10H2,1H3. The number of carbonyl (C=O) groups excluding carboxylic acids is 2. The van der Waals surface area contributed by atoms with Crippen molar-refractivity contribution in [3.05, 3.63) is 18.4 Å². The molecule has 0 aromatic carbocycles. The van der Waals surface area contributed by atoms with E-state index >= 15 is 0 Å². The van der Waals surface area contributed by atoms with Crippen molar-refractivity contribution in [2.45, 2.75) is 45.1 Å². The molecule has 0 radical (unpaired) electrons. The van der Waals surface area contributed by atoms with Crippen LogP contribution >= 0.6 is 0 Å². The minimum absolute atomic E-state index is 0.0249. The number of oxazole rings is 1. The van der Waals surface area contributed by atoms with E-state index in [0.29, 0.717) is 30.3 Å². The number of aromatic nitrogens is 1. The van der Waals surface area contributed by atoms with Crippen molar-refractivity contribution in [3.63, 3.8) is 0 Å². The van der Waals surface area contributed by atoms with Gasteiger partial charge in [0.1, 0.15) is 12.3 Å². The molecule has 0 saturated carbocycles. The third-order valence-electron chi connectivity index (χ3n) is 4.06. The fourth-order valence-corrected chi connectivity index (χ4v) is 2.93. The molecule has 1 aromatic heterocycles. The van der Waals surface area contributed by atoms with E-state index in [2.05, 4.69) is 4.98 Å². The molecule has 122 valence electrons. The molecule has 1 N–H and O–H groups in total. The third kappa shape index (κ3) is 3.85. The van der Waals surface area contributed by atoms with Gasteiger partial charge in [-0.25, -0.2) is 10.0 Å². The second-order valence-corrected chi connectivity index (χ2v) is 5.63. The highest BCUT2D eigenvalue weighted by Gasteiger charge is 2.36. The summed E-state index contributed by atoms with van der Waals surface area (Å²) in [6, 6.07) is -0.144. The number of unbranched alkanes of at least 4 members (excludes halogenated alkanes) is 1. The first kappa shape index (κ1) is 16.5. The van der Waals surface area contributed by atoms with E-state index in [9.17, 15) is 14.8 Å². The van der Waals surface area contributed by atoms with E-state index in [1.54, 1.807) is 11.1 Å². The van der Waals surface area contributed by atoms with Crippen molar-refractivity contribution in [3.8, 4) is 0 Å². The van der Waals surface area contributed by atoms with Crippen LogP contribution in [0.15, 0.2) is 16.9 Å². The second-order valence-electron chi connectivity index (χ2n) is 5.63. The van der Waals surface area contributed by atoms with Gasteiger partial charge in [0.2, 0.25) is 18.2 Å². The van der Waals surface area contributed by atoms with Gasteiger partial charge in [0, 0.05) is 6.54 Å². The Morgan fingerprint density at radius 3 is 3.14 bits per heavy atom. The van der Waals surface area contributed by atoms with Crippen LogP contribution in [0.4, 0.5) is 0 Å². The summed E-state index contributed by atoms with van der Waals surface area (Å²) in [6.07, 6.45) is 7.62. The smallest absolute Gasteiger partial charge is 0.233 e. The highest BCUT2D eigenvalue weighted by molar-refractivity contribution is 5.80. The molecule has 1 saturated heterocycles. The molecule has 7 nitrogen and oxygen atoms in total. The molecule has 1 fully saturated rings. The van der Waals surface area contributed by atoms with Crippen LogP contribution in [0, 0.1) is 5.92 Å². The predicted octanol–water partition coefficient (Wildman–Crippen LogP) is 1.99. The molecule has 2 unspecified atom stereocenters. The van der Waals surface area contributed by atoms with Crippen LogP contribution < -0.4 is 0 Å². The second kappa shape index (κ2) is 7.93. The lowest BCUT2D eigenvalue weighted by atomic mass is 9.99. The quantitative estimate of drug-likeness (QED) is 0.451. The Morgan fingerprint density at radius 1 is 1.68 bits per heavy atom. The van der Waals surface area contributed by atoms with Gasteiger partial charge in [-0.15, -0.1) is 0 Å². The molecule has 0 aliphatic carbocycles. The zero-order chi connectivity index (χ0) is 15.9. The van der Waals surface area contributed by atoms with Crippen molar-refractivity contribution in [2.24, 2.45) is 5.92 Å². The van der Waals surface area contributed by atoms with Crippen molar-refractivity contribution in [1.82, 2.24) is 14.9 Å². The van der Waals surface area contributed by atoms with Gasteiger partial charge in [-0.1, -0.05) is 19.8 Å². The monoisotopic (exact) mass is 309 g/mol. The zero-order valence-electron chi connectivity index (χ0n) is 12.9. The number of hydroxylamine groups is 2. The predicted molar refractivity (Wildman–Crippen MR) is 77.8 cm³/mol. The minimum Gasteiger partial charge on any atom is -0.447 e. The van der Waals surface area contributed by atoms with Gasteiger partial charge < -0.3 is 9.32 Å². The minimum atomic E-state index is -0.397. The normalized spacial score (nSPS) is 19.2. The first-order chi connectivity index (χ1) is 10.7. The van der Waals surface area contributed by atoms with Crippen LogP contribution in [-0.2, 0) is 9.59 Å². The summed E-state index contributed by atoms with van der Waals surface area (Å²) in [5, 5.41) is 9.98. The number of rotatable bonds is 8. The number of amides is 2. The molecule has 2 amide bonds. The summed E-state index contributed by atoms with van der Waals surface area (Å²) in [4.78, 5) is 29.4. The number of nitrogens with zero attached hydrogens (tertiary/aromatic N) is 3. The fourth-order valence-electron chi connectivity index (χ4n) is 2.93. The number of hydrogen-bond donors (Lipinski definition) is 1. The van der Waals surface area contributed by atoms with Crippen LogP contribution in [0.1, 0.15) is 51.0 Å². The number of hydrogen-bond acceptors (Lipinski definition) is 5. The van der Waals surface area contributed by atoms with Crippen LogP contribution in [0.3, 0.4) is 0 Å². The van der Waals surface area contributed by atoms with Gasteiger partial charge >= 0.3 is 0 Å². The maximum atomic E-state index is 12.8. The average molecular weight is 309 g/mol. The molecule has 2 atom stereocenters. The maximum Gasteiger partial charge on any atom is 0.233 e. The lowest BCUT2D eigenvalue weighted by molar-refractivity contribution is -0.157. The zero-order valence-corrected chi connectivity index (χ0v) is 12.9. The van der Waals surface area contributed by atoms with Crippen LogP contribution in [0.2, 0.25) is 0 Å². The summed E-state index contributed by atoms with van der Waals surface area (Å²) in [6.45, 7) is 2.72. The van der Waals surface area contributed by atoms with Gasteiger partial charge in [0.15, 0.2) is 0 Å². The summed E-state index contributed by atoms with van der Waals surface area (Å²) >= 11 is 0. The fraction of sp³-hybridized carbons (Fsp3) is 0.667. The van der Waals surface area contributed by atoms with Crippen LogP contribution in [0.5, 0.6) is 0 Å². The van der Waals surface area contributed by atoms with E-state index < -0.39 is 5.92 Å². The third-order valence-corrected chi connectivity index (χ3v) is 4.06. The topological polar surface area (TPSA) is 86.9 Å². The Kier molecular flexibility index (Phi) is 5.94. The van der Waals surface area contributed by atoms with E-state index in [1.165, 1.54) is 6.26 Å². The van der Waals surface area contributed by atoms with E-state index in [1.807, 2.05) is 6.92 Å². The highest BCUT2D eigenvalue weighted by atomic mass is 16.5. The van der Waals surface area contributed by atoms with Crippen molar-refractivity contribution >= 4 is 12.3 Å². The maximum absolute atomic E-state index is 12.8. The Labute approximate surface area is 129 Å². The summed E-state index contributed by atoms with van der Waals surface area (Å²) < 4.78 is 5.34. The SMILES string of the molecule is CCCCC(CN(O)C=O)C(=O)N1CCCC1c1ncco1. The lowest BCUT2D eigenvalue weighted by Gasteiger charge is -2.28. The van der Waals surface area contributed by atoms with Gasteiger partial charge in [-0.05, 0) is 19.3 Å². The molecular formula is C15H23N3O4. The largest absolute Gasteiger partial charge is 0.447 e. The molecule has 1 aliphatic rings. The van der Waals surface area contributed by atoms with Crippen molar-refractivity contribution < 1.29 is 19.2 Å². The van der Waals surface area contributed by atoms with E-state index in [0.717, 1.165) is 25.7 Å². The Balaban J connectivity index is 2.08. The molecule has 1 aliphatic heterocycles. The first-order valence-electron chi connectivity index (χ1n) is 7.78. The molecule has 2 heterocycles. The molecule has 2 rings (SSSR count). The summed E-state index contributed by atoms with van der Waals surface area (Å²) in [5.74, 6) is 0.108. The number of carbonyl (C=O) groups is 2. The molecular weight excluding hydrogens is 286 g/mol. The Bertz CT molecular complexity index is 477. The van der Waals surface area contributed by atoms with Crippen LogP contribution in [-0.4, -0.2) is 45.6 Å². The van der Waals surface area contributed by atoms with E-state index in [4.69, 9.17) is 4.42 Å². The molecule has 1 aromatic rings.